The van der Waals surface area contributed by atoms with Crippen molar-refractivity contribution in [3.63, 3.8) is 0 Å². The van der Waals surface area contributed by atoms with Crippen molar-refractivity contribution < 1.29 is 4.79 Å². The molecule has 0 bridgehead atoms. The fourth-order valence-electron chi connectivity index (χ4n) is 2.76. The summed E-state index contributed by atoms with van der Waals surface area (Å²) in [5.41, 5.74) is 0. The van der Waals surface area contributed by atoms with Crippen LogP contribution < -0.4 is 10.6 Å². The van der Waals surface area contributed by atoms with Crippen molar-refractivity contribution in [1.82, 2.24) is 10.6 Å². The molecule has 0 aromatic rings. The molecule has 2 N–H and O–H groups in total. The molecular weight excluding hydrogens is 212 g/mol. The number of nitrogens with one attached hydrogen (secondary N) is 2. The first-order valence-corrected chi connectivity index (χ1v) is 7.33. The van der Waals surface area contributed by atoms with Crippen molar-refractivity contribution in [2.24, 2.45) is 17.8 Å². The third-order valence-electron chi connectivity index (χ3n) is 4.35. The summed E-state index contributed by atoms with van der Waals surface area (Å²) >= 11 is 0. The highest BCUT2D eigenvalue weighted by atomic mass is 16.1. The highest BCUT2D eigenvalue weighted by Crippen LogP contribution is 2.48. The summed E-state index contributed by atoms with van der Waals surface area (Å²) in [5, 5.41) is 6.53. The number of carbonyl (C=O) groups excluding carboxylic acids is 1. The van der Waals surface area contributed by atoms with Gasteiger partial charge in [-0.25, -0.2) is 0 Å². The van der Waals surface area contributed by atoms with E-state index in [-0.39, 0.29) is 5.91 Å². The summed E-state index contributed by atoms with van der Waals surface area (Å²) in [4.78, 5) is 11.7. The Balaban J connectivity index is 1.30. The third kappa shape index (κ3) is 3.70. The predicted octanol–water partition coefficient (Wildman–Crippen LogP) is 1.68. The monoisotopic (exact) mass is 236 g/mol. The molecule has 0 spiro atoms. The zero-order chi connectivity index (χ0) is 11.7. The molecule has 3 nitrogen and oxygen atoms in total. The Hall–Kier alpha value is -0.570. The predicted molar refractivity (Wildman–Crippen MR) is 67.6 cm³/mol. The van der Waals surface area contributed by atoms with Crippen LogP contribution in [0.5, 0.6) is 0 Å². The van der Waals surface area contributed by atoms with Gasteiger partial charge >= 0.3 is 0 Å². The number of rotatable bonds is 8. The fraction of sp³-hybridized carbons (Fsp3) is 0.929. The summed E-state index contributed by atoms with van der Waals surface area (Å²) in [7, 11) is 0. The van der Waals surface area contributed by atoms with E-state index in [0.717, 1.165) is 30.8 Å². The fourth-order valence-corrected chi connectivity index (χ4v) is 2.76. The molecule has 0 unspecified atom stereocenters. The average Bonchev–Trinajstić information content (AvgIpc) is 3.12. The Labute approximate surface area is 104 Å². The van der Waals surface area contributed by atoms with Crippen molar-refractivity contribution in [3.05, 3.63) is 0 Å². The molecule has 0 aromatic carbocycles. The third-order valence-corrected chi connectivity index (χ3v) is 4.35. The van der Waals surface area contributed by atoms with E-state index < -0.39 is 0 Å². The maximum absolute atomic E-state index is 11.7. The first kappa shape index (κ1) is 11.5. The molecule has 17 heavy (non-hydrogen) atoms. The van der Waals surface area contributed by atoms with Gasteiger partial charge in [-0.15, -0.1) is 0 Å². The lowest BCUT2D eigenvalue weighted by atomic mass is 9.98. The van der Waals surface area contributed by atoms with Gasteiger partial charge in [-0.2, -0.15) is 0 Å². The first-order chi connectivity index (χ1) is 8.33. The minimum absolute atomic E-state index is 0.240. The summed E-state index contributed by atoms with van der Waals surface area (Å²) in [6, 6.07) is 0.716. The first-order valence-electron chi connectivity index (χ1n) is 7.33. The van der Waals surface area contributed by atoms with E-state index in [1.165, 1.54) is 38.5 Å². The lowest BCUT2D eigenvalue weighted by Gasteiger charge is -2.16. The van der Waals surface area contributed by atoms with Crippen LogP contribution in [0.4, 0.5) is 0 Å². The van der Waals surface area contributed by atoms with Crippen LogP contribution in [0.25, 0.3) is 0 Å². The second-order valence-electron chi connectivity index (χ2n) is 6.12. The summed E-state index contributed by atoms with van der Waals surface area (Å²) in [6.45, 7) is 1.80. The zero-order valence-corrected chi connectivity index (χ0v) is 10.6. The van der Waals surface area contributed by atoms with Gasteiger partial charge in [0.15, 0.2) is 0 Å². The van der Waals surface area contributed by atoms with Crippen molar-refractivity contribution in [1.29, 1.82) is 0 Å². The molecule has 0 radical (unpaired) electrons. The van der Waals surface area contributed by atoms with E-state index in [9.17, 15) is 4.79 Å². The summed E-state index contributed by atoms with van der Waals surface area (Å²) in [5.74, 6) is 2.92. The Morgan fingerprint density at radius 1 is 1.06 bits per heavy atom. The van der Waals surface area contributed by atoms with Crippen LogP contribution in [0.1, 0.15) is 44.9 Å². The molecule has 96 valence electrons. The van der Waals surface area contributed by atoms with Gasteiger partial charge in [-0.1, -0.05) is 0 Å². The van der Waals surface area contributed by atoms with Crippen LogP contribution in [0, 0.1) is 17.8 Å². The van der Waals surface area contributed by atoms with Gasteiger partial charge in [0, 0.05) is 25.6 Å². The molecule has 0 saturated heterocycles. The zero-order valence-electron chi connectivity index (χ0n) is 10.6. The summed E-state index contributed by atoms with van der Waals surface area (Å²) < 4.78 is 0. The highest BCUT2D eigenvalue weighted by Gasteiger charge is 2.41. The van der Waals surface area contributed by atoms with Gasteiger partial charge in [-0.05, 0) is 56.3 Å². The van der Waals surface area contributed by atoms with Gasteiger partial charge in [-0.3, -0.25) is 4.79 Å². The summed E-state index contributed by atoms with van der Waals surface area (Å²) in [6.07, 6.45) is 8.86. The Bertz CT molecular complexity index is 268. The Morgan fingerprint density at radius 3 is 2.24 bits per heavy atom. The highest BCUT2D eigenvalue weighted by molar-refractivity contribution is 5.76. The molecule has 3 aliphatic rings. The van der Waals surface area contributed by atoms with Crippen LogP contribution in [-0.4, -0.2) is 25.0 Å². The van der Waals surface area contributed by atoms with E-state index in [0.29, 0.717) is 12.5 Å². The van der Waals surface area contributed by atoms with Gasteiger partial charge in [0.05, 0.1) is 0 Å². The Morgan fingerprint density at radius 2 is 1.71 bits per heavy atom. The van der Waals surface area contributed by atoms with E-state index >= 15 is 0 Å². The van der Waals surface area contributed by atoms with Crippen molar-refractivity contribution in [2.75, 3.05) is 13.1 Å². The topological polar surface area (TPSA) is 41.1 Å². The van der Waals surface area contributed by atoms with Crippen molar-refractivity contribution >= 4 is 5.91 Å². The average molecular weight is 236 g/mol. The normalized spacial score (nSPS) is 24.1. The molecule has 3 rings (SSSR count). The second kappa shape index (κ2) is 4.97. The molecule has 3 fully saturated rings. The molecule has 0 aromatic heterocycles. The van der Waals surface area contributed by atoms with Crippen LogP contribution in [0.15, 0.2) is 0 Å². The maximum atomic E-state index is 11.7. The largest absolute Gasteiger partial charge is 0.356 e. The van der Waals surface area contributed by atoms with E-state index in [1.54, 1.807) is 0 Å². The van der Waals surface area contributed by atoms with Crippen LogP contribution in [-0.2, 0) is 4.79 Å². The van der Waals surface area contributed by atoms with E-state index in [2.05, 4.69) is 10.6 Å². The van der Waals surface area contributed by atoms with Gasteiger partial charge in [0.1, 0.15) is 0 Å². The number of amides is 1. The molecular formula is C14H24N2O. The minimum Gasteiger partial charge on any atom is -0.356 e. The van der Waals surface area contributed by atoms with Crippen molar-refractivity contribution in [2.45, 2.75) is 51.0 Å². The molecule has 0 atom stereocenters. The molecule has 3 heteroatoms. The van der Waals surface area contributed by atoms with Crippen molar-refractivity contribution in [3.8, 4) is 0 Å². The van der Waals surface area contributed by atoms with E-state index in [1.807, 2.05) is 0 Å². The maximum Gasteiger partial charge on any atom is 0.221 e. The molecule has 3 saturated carbocycles. The number of hydrogen-bond acceptors (Lipinski definition) is 2. The smallest absolute Gasteiger partial charge is 0.221 e. The van der Waals surface area contributed by atoms with Crippen LogP contribution in [0.3, 0.4) is 0 Å². The van der Waals surface area contributed by atoms with Gasteiger partial charge in [0.2, 0.25) is 5.91 Å². The second-order valence-corrected chi connectivity index (χ2v) is 6.12. The van der Waals surface area contributed by atoms with Crippen LogP contribution in [0.2, 0.25) is 0 Å². The standard InChI is InChI=1S/C14H24N2O/c17-14(7-8-15-12-5-6-12)16-9-13(10-1-2-10)11-3-4-11/h10-13,15H,1-9H2,(H,16,17). The van der Waals surface area contributed by atoms with E-state index in [4.69, 9.17) is 0 Å². The quantitative estimate of drug-likeness (QED) is 0.673. The van der Waals surface area contributed by atoms with Gasteiger partial charge in [0.25, 0.3) is 0 Å². The number of carbonyl (C=O) groups is 1. The SMILES string of the molecule is O=C(CCNC1CC1)NCC(C1CC1)C1CC1. The molecule has 0 aliphatic heterocycles. The molecule has 0 heterocycles. The minimum atomic E-state index is 0.240. The molecule has 1 amide bonds. The van der Waals surface area contributed by atoms with Crippen LogP contribution >= 0.6 is 0 Å². The molecule has 3 aliphatic carbocycles. The lowest BCUT2D eigenvalue weighted by Crippen LogP contribution is -2.33. The van der Waals surface area contributed by atoms with Gasteiger partial charge < -0.3 is 10.6 Å². The number of hydrogen-bond donors (Lipinski definition) is 2. The Kier molecular flexibility index (Phi) is 3.37. The lowest BCUT2D eigenvalue weighted by molar-refractivity contribution is -0.121.